The third kappa shape index (κ3) is 2.00. The summed E-state index contributed by atoms with van der Waals surface area (Å²) < 4.78 is 21.0. The fourth-order valence-electron chi connectivity index (χ4n) is 2.38. The summed E-state index contributed by atoms with van der Waals surface area (Å²) in [5, 5.41) is 3.38. The van der Waals surface area contributed by atoms with E-state index in [1.165, 1.54) is 6.07 Å². The molecule has 5 heteroatoms. The Morgan fingerprint density at radius 3 is 3.17 bits per heavy atom. The lowest BCUT2D eigenvalue weighted by Crippen LogP contribution is -2.42. The Kier molecular flexibility index (Phi) is 3.01. The topological polar surface area (TPSA) is 39.1 Å². The van der Waals surface area contributed by atoms with Crippen LogP contribution in [0.25, 0.3) is 11.0 Å². The van der Waals surface area contributed by atoms with Crippen LogP contribution in [0, 0.1) is 5.82 Å². The molecule has 0 aliphatic carbocycles. The smallest absolute Gasteiger partial charge is 0.151 e. The van der Waals surface area contributed by atoms with Crippen LogP contribution in [-0.4, -0.2) is 35.4 Å². The maximum atomic E-state index is 13.6. The fourth-order valence-corrected chi connectivity index (χ4v) is 2.38. The van der Waals surface area contributed by atoms with Gasteiger partial charge in [-0.1, -0.05) is 6.07 Å². The molecule has 2 aromatic rings. The van der Waals surface area contributed by atoms with Gasteiger partial charge < -0.3 is 14.6 Å². The van der Waals surface area contributed by atoms with E-state index in [9.17, 15) is 4.39 Å². The van der Waals surface area contributed by atoms with Crippen molar-refractivity contribution in [3.63, 3.8) is 0 Å². The lowest BCUT2D eigenvalue weighted by Gasteiger charge is -2.23. The molecule has 0 amide bonds. The third-order valence-electron chi connectivity index (χ3n) is 3.38. The highest BCUT2D eigenvalue weighted by Gasteiger charge is 2.18. The Bertz CT molecular complexity index is 561. The molecular weight excluding hydrogens is 233 g/mol. The molecule has 18 heavy (non-hydrogen) atoms. The number of aryl methyl sites for hydroxylation is 1. The summed E-state index contributed by atoms with van der Waals surface area (Å²) in [5.74, 6) is 0.625. The van der Waals surface area contributed by atoms with Crippen LogP contribution in [0.15, 0.2) is 18.2 Å². The van der Waals surface area contributed by atoms with E-state index in [-0.39, 0.29) is 11.9 Å². The molecule has 1 N–H and O–H groups in total. The molecule has 2 heterocycles. The van der Waals surface area contributed by atoms with Crippen molar-refractivity contribution in [2.75, 3.05) is 19.8 Å². The number of benzene rings is 1. The Morgan fingerprint density at radius 2 is 2.44 bits per heavy atom. The highest BCUT2D eigenvalue weighted by molar-refractivity contribution is 5.76. The predicted molar refractivity (Wildman–Crippen MR) is 67.0 cm³/mol. The molecule has 0 radical (unpaired) electrons. The molecule has 0 saturated carbocycles. The molecule has 1 atom stereocenters. The molecule has 1 aliphatic rings. The highest BCUT2D eigenvalue weighted by Crippen LogP contribution is 2.18. The van der Waals surface area contributed by atoms with Gasteiger partial charge in [-0.15, -0.1) is 0 Å². The van der Waals surface area contributed by atoms with Crippen molar-refractivity contribution in [3.8, 4) is 0 Å². The van der Waals surface area contributed by atoms with E-state index in [4.69, 9.17) is 4.74 Å². The van der Waals surface area contributed by atoms with E-state index < -0.39 is 0 Å². The average molecular weight is 249 g/mol. The normalized spacial score (nSPS) is 20.4. The first-order chi connectivity index (χ1) is 8.75. The molecule has 4 nitrogen and oxygen atoms in total. The molecule has 96 valence electrons. The van der Waals surface area contributed by atoms with Crippen molar-refractivity contribution in [1.29, 1.82) is 0 Å². The van der Waals surface area contributed by atoms with Gasteiger partial charge in [-0.3, -0.25) is 0 Å². The van der Waals surface area contributed by atoms with Crippen molar-refractivity contribution >= 4 is 11.0 Å². The van der Waals surface area contributed by atoms with Crippen LogP contribution in [0.4, 0.5) is 4.39 Å². The maximum Gasteiger partial charge on any atom is 0.151 e. The van der Waals surface area contributed by atoms with Crippen LogP contribution in [0.5, 0.6) is 0 Å². The predicted octanol–water partition coefficient (Wildman–Crippen LogP) is 1.24. The number of fused-ring (bicyclic) bond motifs is 1. The van der Waals surface area contributed by atoms with Crippen molar-refractivity contribution in [1.82, 2.24) is 14.9 Å². The lowest BCUT2D eigenvalue weighted by molar-refractivity contribution is 0.0762. The zero-order chi connectivity index (χ0) is 12.5. The van der Waals surface area contributed by atoms with Gasteiger partial charge in [-0.2, -0.15) is 0 Å². The summed E-state index contributed by atoms with van der Waals surface area (Å²) in [5.41, 5.74) is 1.29. The molecular formula is C13H16FN3O. The number of nitrogens with one attached hydrogen (secondary N) is 1. The first-order valence-corrected chi connectivity index (χ1v) is 6.16. The van der Waals surface area contributed by atoms with Gasteiger partial charge in [0.2, 0.25) is 0 Å². The van der Waals surface area contributed by atoms with E-state index in [2.05, 4.69) is 10.3 Å². The fraction of sp³-hybridized carbons (Fsp3) is 0.462. The minimum atomic E-state index is -0.262. The van der Waals surface area contributed by atoms with Crippen LogP contribution >= 0.6 is 0 Å². The summed E-state index contributed by atoms with van der Waals surface area (Å²) >= 11 is 0. The van der Waals surface area contributed by atoms with Crippen molar-refractivity contribution < 1.29 is 9.13 Å². The highest BCUT2D eigenvalue weighted by atomic mass is 19.1. The first kappa shape index (κ1) is 11.6. The molecule has 0 bridgehead atoms. The number of ether oxygens (including phenoxy) is 1. The standard InChI is InChI=1S/C13H16FN3O/c1-17-11-4-2-3-10(14)13(11)16-12(17)7-9-8-18-6-5-15-9/h2-4,9,15H,5-8H2,1H3. The third-order valence-corrected chi connectivity index (χ3v) is 3.38. The number of hydrogen-bond acceptors (Lipinski definition) is 3. The number of rotatable bonds is 2. The van der Waals surface area contributed by atoms with Crippen LogP contribution in [-0.2, 0) is 18.2 Å². The number of halogens is 1. The van der Waals surface area contributed by atoms with E-state index in [0.29, 0.717) is 12.1 Å². The second-order valence-corrected chi connectivity index (χ2v) is 4.62. The van der Waals surface area contributed by atoms with Gasteiger partial charge in [0.15, 0.2) is 5.82 Å². The van der Waals surface area contributed by atoms with Gasteiger partial charge in [0, 0.05) is 26.1 Å². The van der Waals surface area contributed by atoms with Gasteiger partial charge >= 0.3 is 0 Å². The van der Waals surface area contributed by atoms with E-state index in [1.807, 2.05) is 17.7 Å². The second-order valence-electron chi connectivity index (χ2n) is 4.62. The lowest BCUT2D eigenvalue weighted by atomic mass is 10.2. The summed E-state index contributed by atoms with van der Waals surface area (Å²) in [6.07, 6.45) is 0.755. The van der Waals surface area contributed by atoms with Crippen LogP contribution in [0.1, 0.15) is 5.82 Å². The summed E-state index contributed by atoms with van der Waals surface area (Å²) in [7, 11) is 1.92. The van der Waals surface area contributed by atoms with Gasteiger partial charge in [-0.05, 0) is 12.1 Å². The number of imidazole rings is 1. The van der Waals surface area contributed by atoms with Gasteiger partial charge in [-0.25, -0.2) is 9.37 Å². The van der Waals surface area contributed by atoms with E-state index in [0.717, 1.165) is 30.9 Å². The molecule has 1 aliphatic heterocycles. The minimum absolute atomic E-state index is 0.261. The largest absolute Gasteiger partial charge is 0.379 e. The van der Waals surface area contributed by atoms with Crippen LogP contribution in [0.2, 0.25) is 0 Å². The van der Waals surface area contributed by atoms with Crippen molar-refractivity contribution in [2.24, 2.45) is 7.05 Å². The zero-order valence-corrected chi connectivity index (χ0v) is 10.3. The molecule has 1 saturated heterocycles. The molecule has 1 aromatic carbocycles. The summed E-state index contributed by atoms with van der Waals surface area (Å²) in [6, 6.07) is 5.31. The zero-order valence-electron chi connectivity index (χ0n) is 10.3. The Morgan fingerprint density at radius 1 is 1.56 bits per heavy atom. The SMILES string of the molecule is Cn1c(CC2COCCN2)nc2c(F)cccc21. The molecule has 0 spiro atoms. The Labute approximate surface area is 105 Å². The molecule has 1 aromatic heterocycles. The van der Waals surface area contributed by atoms with Gasteiger partial charge in [0.05, 0.1) is 18.7 Å². The van der Waals surface area contributed by atoms with Gasteiger partial charge in [0.25, 0.3) is 0 Å². The first-order valence-electron chi connectivity index (χ1n) is 6.16. The Balaban J connectivity index is 1.92. The van der Waals surface area contributed by atoms with Crippen molar-refractivity contribution in [3.05, 3.63) is 29.8 Å². The maximum absolute atomic E-state index is 13.6. The Hall–Kier alpha value is -1.46. The molecule has 3 rings (SSSR count). The van der Waals surface area contributed by atoms with Crippen molar-refractivity contribution in [2.45, 2.75) is 12.5 Å². The van der Waals surface area contributed by atoms with Crippen LogP contribution < -0.4 is 5.32 Å². The number of morpholine rings is 1. The summed E-state index contributed by atoms with van der Waals surface area (Å²) in [4.78, 5) is 4.40. The molecule has 1 unspecified atom stereocenters. The second kappa shape index (κ2) is 4.66. The molecule has 1 fully saturated rings. The number of hydrogen-bond donors (Lipinski definition) is 1. The van der Waals surface area contributed by atoms with Gasteiger partial charge in [0.1, 0.15) is 11.3 Å². The van der Waals surface area contributed by atoms with E-state index in [1.54, 1.807) is 6.07 Å². The number of aromatic nitrogens is 2. The summed E-state index contributed by atoms with van der Waals surface area (Å²) in [6.45, 7) is 2.31. The monoisotopic (exact) mass is 249 g/mol. The quantitative estimate of drug-likeness (QED) is 0.870. The van der Waals surface area contributed by atoms with Crippen LogP contribution in [0.3, 0.4) is 0 Å². The van der Waals surface area contributed by atoms with E-state index >= 15 is 0 Å². The average Bonchev–Trinajstić information content (AvgIpc) is 2.70. The number of nitrogens with zero attached hydrogens (tertiary/aromatic N) is 2. The minimum Gasteiger partial charge on any atom is -0.379 e. The number of para-hydroxylation sites is 1.